The van der Waals surface area contributed by atoms with Gasteiger partial charge in [-0.15, -0.1) is 0 Å². The minimum Gasteiger partial charge on any atom is -0.462 e. The predicted octanol–water partition coefficient (Wildman–Crippen LogP) is 0.333. The van der Waals surface area contributed by atoms with Gasteiger partial charge < -0.3 is 15.6 Å². The second-order valence-corrected chi connectivity index (χ2v) is 2.65. The SMILES string of the molecule is CCOC(=O)c1cnc(N)c(CO)c1. The van der Waals surface area contributed by atoms with Crippen LogP contribution >= 0.6 is 0 Å². The summed E-state index contributed by atoms with van der Waals surface area (Å²) in [5.41, 5.74) is 6.17. The van der Waals surface area contributed by atoms with E-state index in [-0.39, 0.29) is 12.4 Å². The van der Waals surface area contributed by atoms with E-state index in [1.54, 1.807) is 6.92 Å². The van der Waals surface area contributed by atoms with E-state index in [9.17, 15) is 4.79 Å². The van der Waals surface area contributed by atoms with Crippen LogP contribution in [0.25, 0.3) is 0 Å². The molecule has 14 heavy (non-hydrogen) atoms. The van der Waals surface area contributed by atoms with Crippen LogP contribution < -0.4 is 5.73 Å². The van der Waals surface area contributed by atoms with Gasteiger partial charge in [0.15, 0.2) is 0 Å². The maximum Gasteiger partial charge on any atom is 0.339 e. The number of anilines is 1. The number of nitrogen functional groups attached to an aromatic ring is 1. The zero-order valence-electron chi connectivity index (χ0n) is 7.86. The number of hydrogen-bond acceptors (Lipinski definition) is 5. The second-order valence-electron chi connectivity index (χ2n) is 2.65. The zero-order chi connectivity index (χ0) is 10.6. The molecular weight excluding hydrogens is 184 g/mol. The third-order valence-corrected chi connectivity index (χ3v) is 1.68. The summed E-state index contributed by atoms with van der Waals surface area (Å²) in [6.45, 7) is 1.78. The molecule has 0 aliphatic carbocycles. The molecule has 1 aromatic rings. The summed E-state index contributed by atoms with van der Waals surface area (Å²) in [4.78, 5) is 15.0. The molecule has 0 spiro atoms. The van der Waals surface area contributed by atoms with E-state index in [1.807, 2.05) is 0 Å². The number of rotatable bonds is 3. The first-order valence-corrected chi connectivity index (χ1v) is 4.21. The van der Waals surface area contributed by atoms with Gasteiger partial charge in [-0.1, -0.05) is 0 Å². The van der Waals surface area contributed by atoms with Crippen molar-refractivity contribution in [3.05, 3.63) is 23.4 Å². The van der Waals surface area contributed by atoms with Crippen LogP contribution in [0.15, 0.2) is 12.3 Å². The topological polar surface area (TPSA) is 85.4 Å². The lowest BCUT2D eigenvalue weighted by atomic mass is 10.2. The van der Waals surface area contributed by atoms with Gasteiger partial charge in [-0.2, -0.15) is 0 Å². The van der Waals surface area contributed by atoms with E-state index >= 15 is 0 Å². The molecule has 0 amide bonds. The number of nitrogens with zero attached hydrogens (tertiary/aromatic N) is 1. The van der Waals surface area contributed by atoms with Crippen molar-refractivity contribution in [2.75, 3.05) is 12.3 Å². The molecule has 0 bridgehead atoms. The van der Waals surface area contributed by atoms with Crippen molar-refractivity contribution in [2.45, 2.75) is 13.5 Å². The van der Waals surface area contributed by atoms with Crippen LogP contribution in [-0.2, 0) is 11.3 Å². The summed E-state index contributed by atoms with van der Waals surface area (Å²) in [5.74, 6) is -0.241. The Morgan fingerprint density at radius 3 is 3.00 bits per heavy atom. The standard InChI is InChI=1S/C9H12N2O3/c1-2-14-9(13)6-3-7(5-12)8(10)11-4-6/h3-4,12H,2,5H2,1H3,(H2,10,11). The summed E-state index contributed by atoms with van der Waals surface area (Å²) in [7, 11) is 0. The number of carbonyl (C=O) groups excluding carboxylic acids is 1. The number of hydrogen-bond donors (Lipinski definition) is 2. The van der Waals surface area contributed by atoms with Gasteiger partial charge in [0.25, 0.3) is 0 Å². The third kappa shape index (κ3) is 2.20. The number of esters is 1. The van der Waals surface area contributed by atoms with E-state index in [0.717, 1.165) is 0 Å². The summed E-state index contributed by atoms with van der Waals surface area (Å²) >= 11 is 0. The molecule has 5 nitrogen and oxygen atoms in total. The number of aliphatic hydroxyl groups excluding tert-OH is 1. The highest BCUT2D eigenvalue weighted by Crippen LogP contribution is 2.11. The van der Waals surface area contributed by atoms with Gasteiger partial charge in [-0.05, 0) is 13.0 Å². The first-order chi connectivity index (χ1) is 6.69. The Kier molecular flexibility index (Phi) is 3.41. The van der Waals surface area contributed by atoms with Crippen LogP contribution in [0.5, 0.6) is 0 Å². The highest BCUT2D eigenvalue weighted by Gasteiger charge is 2.09. The van der Waals surface area contributed by atoms with E-state index in [0.29, 0.717) is 17.7 Å². The zero-order valence-corrected chi connectivity index (χ0v) is 7.86. The predicted molar refractivity (Wildman–Crippen MR) is 50.5 cm³/mol. The lowest BCUT2D eigenvalue weighted by Gasteiger charge is -2.04. The van der Waals surface area contributed by atoms with Crippen molar-refractivity contribution >= 4 is 11.8 Å². The number of aliphatic hydroxyl groups is 1. The van der Waals surface area contributed by atoms with Crippen LogP contribution in [0.1, 0.15) is 22.8 Å². The van der Waals surface area contributed by atoms with Crippen molar-refractivity contribution in [2.24, 2.45) is 0 Å². The second kappa shape index (κ2) is 4.57. The number of pyridine rings is 1. The fourth-order valence-corrected chi connectivity index (χ4v) is 0.974. The van der Waals surface area contributed by atoms with Crippen molar-refractivity contribution < 1.29 is 14.6 Å². The summed E-state index contributed by atoms with van der Waals surface area (Å²) < 4.78 is 4.77. The van der Waals surface area contributed by atoms with Crippen molar-refractivity contribution in [3.63, 3.8) is 0 Å². The summed E-state index contributed by atoms with van der Waals surface area (Å²) in [6, 6.07) is 1.47. The first kappa shape index (κ1) is 10.5. The van der Waals surface area contributed by atoms with Crippen molar-refractivity contribution in [1.82, 2.24) is 4.98 Å². The van der Waals surface area contributed by atoms with E-state index < -0.39 is 5.97 Å². The molecule has 0 radical (unpaired) electrons. The van der Waals surface area contributed by atoms with E-state index in [4.69, 9.17) is 15.6 Å². The molecule has 0 saturated carbocycles. The maximum absolute atomic E-state index is 11.2. The van der Waals surface area contributed by atoms with Crippen LogP contribution in [0.2, 0.25) is 0 Å². The average molecular weight is 196 g/mol. The number of aromatic nitrogens is 1. The fraction of sp³-hybridized carbons (Fsp3) is 0.333. The highest BCUT2D eigenvalue weighted by molar-refractivity contribution is 5.89. The molecule has 76 valence electrons. The molecule has 1 heterocycles. The molecule has 0 unspecified atom stereocenters. The molecule has 0 aromatic carbocycles. The molecule has 1 rings (SSSR count). The lowest BCUT2D eigenvalue weighted by Crippen LogP contribution is -2.07. The lowest BCUT2D eigenvalue weighted by molar-refractivity contribution is 0.0525. The smallest absolute Gasteiger partial charge is 0.339 e. The van der Waals surface area contributed by atoms with Gasteiger partial charge in [0.1, 0.15) is 5.82 Å². The minimum absolute atomic E-state index is 0.223. The average Bonchev–Trinajstić information content (AvgIpc) is 2.19. The first-order valence-electron chi connectivity index (χ1n) is 4.21. The molecule has 0 aliphatic rings. The van der Waals surface area contributed by atoms with Gasteiger partial charge in [0.05, 0.1) is 18.8 Å². The van der Waals surface area contributed by atoms with Gasteiger partial charge in [0, 0.05) is 11.8 Å². The third-order valence-electron chi connectivity index (χ3n) is 1.68. The molecule has 0 aliphatic heterocycles. The molecule has 1 aromatic heterocycles. The van der Waals surface area contributed by atoms with E-state index in [1.165, 1.54) is 12.3 Å². The Labute approximate surface area is 81.5 Å². The van der Waals surface area contributed by atoms with E-state index in [2.05, 4.69) is 4.98 Å². The molecular formula is C9H12N2O3. The van der Waals surface area contributed by atoms with Crippen LogP contribution in [-0.4, -0.2) is 22.7 Å². The minimum atomic E-state index is -0.463. The fourth-order valence-electron chi connectivity index (χ4n) is 0.974. The normalized spacial score (nSPS) is 9.86. The van der Waals surface area contributed by atoms with Gasteiger partial charge >= 0.3 is 5.97 Å². The Morgan fingerprint density at radius 2 is 2.43 bits per heavy atom. The largest absolute Gasteiger partial charge is 0.462 e. The van der Waals surface area contributed by atoms with Gasteiger partial charge in [-0.3, -0.25) is 0 Å². The quantitative estimate of drug-likeness (QED) is 0.680. The monoisotopic (exact) mass is 196 g/mol. The number of ether oxygens (including phenoxy) is 1. The molecule has 0 atom stereocenters. The number of carbonyl (C=O) groups is 1. The Balaban J connectivity index is 2.94. The van der Waals surface area contributed by atoms with Gasteiger partial charge in [0.2, 0.25) is 0 Å². The van der Waals surface area contributed by atoms with Crippen molar-refractivity contribution in [3.8, 4) is 0 Å². The molecule has 0 fully saturated rings. The molecule has 0 saturated heterocycles. The van der Waals surface area contributed by atoms with Crippen molar-refractivity contribution in [1.29, 1.82) is 0 Å². The summed E-state index contributed by atoms with van der Waals surface area (Å²) in [6.07, 6.45) is 1.33. The van der Waals surface area contributed by atoms with Crippen LogP contribution in [0.4, 0.5) is 5.82 Å². The van der Waals surface area contributed by atoms with Crippen LogP contribution in [0.3, 0.4) is 0 Å². The highest BCUT2D eigenvalue weighted by atomic mass is 16.5. The molecule has 5 heteroatoms. The number of nitrogens with two attached hydrogens (primary N) is 1. The Bertz CT molecular complexity index is 339. The Hall–Kier alpha value is -1.62. The maximum atomic E-state index is 11.2. The molecule has 3 N–H and O–H groups in total. The Morgan fingerprint density at radius 1 is 1.71 bits per heavy atom. The van der Waals surface area contributed by atoms with Crippen LogP contribution in [0, 0.1) is 0 Å². The van der Waals surface area contributed by atoms with Gasteiger partial charge in [-0.25, -0.2) is 9.78 Å². The summed E-state index contributed by atoms with van der Waals surface area (Å²) in [5, 5.41) is 8.88.